The van der Waals surface area contributed by atoms with Gasteiger partial charge in [0.2, 0.25) is 5.91 Å². The lowest BCUT2D eigenvalue weighted by molar-refractivity contribution is -0.345. The molecule has 2 saturated carbocycles. The van der Waals surface area contributed by atoms with Gasteiger partial charge in [-0.05, 0) is 42.7 Å². The fourth-order valence-corrected chi connectivity index (χ4v) is 9.84. The van der Waals surface area contributed by atoms with Crippen LogP contribution in [-0.4, -0.2) is 93.2 Å². The largest absolute Gasteiger partial charge is 0.456 e. The average molecular weight is 748 g/mol. The topological polar surface area (TPSA) is 195 Å². The summed E-state index contributed by atoms with van der Waals surface area (Å²) >= 11 is 0. The molecule has 13 nitrogen and oxygen atoms in total. The zero-order valence-electron chi connectivity index (χ0n) is 31.5. The lowest BCUT2D eigenvalue weighted by Gasteiger charge is -2.67. The number of aliphatic hydroxyl groups is 3. The summed E-state index contributed by atoms with van der Waals surface area (Å²) in [6, 6.07) is 15.3. The number of Topliss-reactive ketones (excluding diaryl/α,β-unsaturated/α-hetero) is 1. The van der Waals surface area contributed by atoms with Crippen LogP contribution in [0.5, 0.6) is 0 Å². The molecule has 1 amide bonds. The molecule has 1 unspecified atom stereocenters. The van der Waals surface area contributed by atoms with Crippen molar-refractivity contribution in [3.8, 4) is 0 Å². The third-order valence-corrected chi connectivity index (χ3v) is 12.6. The van der Waals surface area contributed by atoms with Gasteiger partial charge in [-0.25, -0.2) is 9.59 Å². The summed E-state index contributed by atoms with van der Waals surface area (Å²) < 4.78 is 24.3. The zero-order chi connectivity index (χ0) is 39.5. The molecule has 3 aliphatic carbocycles. The van der Waals surface area contributed by atoms with E-state index in [-0.39, 0.29) is 25.0 Å². The van der Waals surface area contributed by atoms with Crippen molar-refractivity contribution in [1.82, 2.24) is 5.32 Å². The molecular weight excluding hydrogens is 698 g/mol. The summed E-state index contributed by atoms with van der Waals surface area (Å²) in [6.07, 6.45) is -7.51. The van der Waals surface area contributed by atoms with E-state index < -0.39 is 100 Å². The molecule has 54 heavy (non-hydrogen) atoms. The van der Waals surface area contributed by atoms with E-state index in [9.17, 15) is 34.5 Å². The van der Waals surface area contributed by atoms with E-state index in [0.717, 1.165) is 0 Å². The van der Waals surface area contributed by atoms with Gasteiger partial charge in [-0.2, -0.15) is 0 Å². The Morgan fingerprint density at radius 2 is 1.57 bits per heavy atom. The monoisotopic (exact) mass is 747 g/mol. The molecule has 290 valence electrons. The fourth-order valence-electron chi connectivity index (χ4n) is 9.84. The number of rotatable bonds is 8. The van der Waals surface area contributed by atoms with Gasteiger partial charge in [0.05, 0.1) is 35.6 Å². The van der Waals surface area contributed by atoms with E-state index in [0.29, 0.717) is 16.7 Å². The maximum Gasteiger partial charge on any atom is 0.338 e. The van der Waals surface area contributed by atoms with Crippen LogP contribution in [-0.2, 0) is 38.1 Å². The first-order valence-electron chi connectivity index (χ1n) is 18.2. The van der Waals surface area contributed by atoms with Crippen molar-refractivity contribution >= 4 is 29.6 Å². The van der Waals surface area contributed by atoms with Crippen molar-refractivity contribution in [2.45, 2.75) is 109 Å². The predicted octanol–water partition coefficient (Wildman–Crippen LogP) is 3.15. The molecule has 1 aliphatic heterocycles. The summed E-state index contributed by atoms with van der Waals surface area (Å²) in [5.74, 6) is -5.94. The van der Waals surface area contributed by atoms with Crippen molar-refractivity contribution in [2.24, 2.45) is 22.7 Å². The quantitative estimate of drug-likeness (QED) is 0.175. The normalized spacial score (nSPS) is 35.0. The van der Waals surface area contributed by atoms with Crippen LogP contribution in [0.2, 0.25) is 0 Å². The minimum atomic E-state index is -2.16. The second-order valence-electron chi connectivity index (χ2n) is 15.9. The molecule has 11 atom stereocenters. The van der Waals surface area contributed by atoms with Gasteiger partial charge in [0.15, 0.2) is 11.7 Å². The number of carbonyl (C=O) groups excluding carboxylic acids is 5. The fraction of sp³-hybridized carbons (Fsp3) is 0.537. The summed E-state index contributed by atoms with van der Waals surface area (Å²) in [4.78, 5) is 68.1. The maximum absolute atomic E-state index is 15.1. The number of hydrogen-bond acceptors (Lipinski definition) is 12. The molecule has 1 saturated heterocycles. The van der Waals surface area contributed by atoms with Gasteiger partial charge in [0, 0.05) is 38.0 Å². The number of nitrogens with one attached hydrogen (secondary N) is 1. The summed E-state index contributed by atoms with van der Waals surface area (Å²) in [6.45, 7) is 10.6. The van der Waals surface area contributed by atoms with E-state index >= 15 is 4.79 Å². The van der Waals surface area contributed by atoms with Gasteiger partial charge in [-0.15, -0.1) is 0 Å². The Morgan fingerprint density at radius 1 is 0.963 bits per heavy atom. The minimum absolute atomic E-state index is 0.0626. The molecule has 4 aliphatic rings. The Bertz CT molecular complexity index is 1860. The number of aliphatic hydroxyl groups excluding tert-OH is 2. The first-order valence-corrected chi connectivity index (χ1v) is 18.2. The van der Waals surface area contributed by atoms with Crippen molar-refractivity contribution in [3.05, 3.63) is 82.9 Å². The van der Waals surface area contributed by atoms with Crippen LogP contribution in [0.3, 0.4) is 0 Å². The first-order chi connectivity index (χ1) is 25.3. The molecule has 6 rings (SSSR count). The lowest BCUT2D eigenvalue weighted by Crippen LogP contribution is -2.81. The highest BCUT2D eigenvalue weighted by Gasteiger charge is 2.77. The van der Waals surface area contributed by atoms with Crippen LogP contribution in [0, 0.1) is 22.7 Å². The number of ether oxygens (including phenoxy) is 4. The Labute approximate surface area is 314 Å². The molecule has 0 spiro atoms. The molecule has 2 aromatic carbocycles. The molecule has 0 radical (unpaired) electrons. The minimum Gasteiger partial charge on any atom is -0.456 e. The number of benzene rings is 2. The molecule has 2 aromatic rings. The van der Waals surface area contributed by atoms with Crippen LogP contribution >= 0.6 is 0 Å². The number of ketones is 1. The van der Waals surface area contributed by atoms with Crippen LogP contribution in [0.1, 0.15) is 83.3 Å². The van der Waals surface area contributed by atoms with Gasteiger partial charge in [-0.3, -0.25) is 14.4 Å². The lowest BCUT2D eigenvalue weighted by atomic mass is 9.43. The number of carbonyl (C=O) groups is 5. The smallest absolute Gasteiger partial charge is 0.338 e. The number of fused-ring (bicyclic) bond motifs is 5. The van der Waals surface area contributed by atoms with Crippen LogP contribution in [0.15, 0.2) is 71.8 Å². The van der Waals surface area contributed by atoms with E-state index in [1.165, 1.54) is 26.0 Å². The third kappa shape index (κ3) is 6.05. The molecule has 0 aromatic heterocycles. The SMILES string of the molecule is CC(=O)N[C@@H](c1ccccc1)[C@@H](O)C(=O)O[C@H]1C[C@@]2(O)[C@@H](OC(=O)c3ccccc3)C3[C@](C)(C(=O)[C@H](C)C(=C1C)C2(C)C)[C@@H](O)C[C@H]1OC[C@@]31OC(C)=O. The van der Waals surface area contributed by atoms with Crippen molar-refractivity contribution in [1.29, 1.82) is 0 Å². The molecule has 1 heterocycles. The third-order valence-electron chi connectivity index (χ3n) is 12.6. The second-order valence-corrected chi connectivity index (χ2v) is 15.9. The van der Waals surface area contributed by atoms with E-state index in [1.807, 2.05) is 0 Å². The van der Waals surface area contributed by atoms with E-state index in [1.54, 1.807) is 83.1 Å². The Morgan fingerprint density at radius 3 is 2.13 bits per heavy atom. The average Bonchev–Trinajstić information content (AvgIpc) is 3.12. The Kier molecular flexibility index (Phi) is 10.2. The Hall–Kier alpha value is -4.43. The highest BCUT2D eigenvalue weighted by Crippen LogP contribution is 2.65. The van der Waals surface area contributed by atoms with Gasteiger partial charge < -0.3 is 39.6 Å². The van der Waals surface area contributed by atoms with Gasteiger partial charge in [0.1, 0.15) is 29.7 Å². The van der Waals surface area contributed by atoms with Gasteiger partial charge in [0.25, 0.3) is 0 Å². The molecule has 4 N–H and O–H groups in total. The highest BCUT2D eigenvalue weighted by atomic mass is 16.6. The van der Waals surface area contributed by atoms with E-state index in [2.05, 4.69) is 5.32 Å². The molecular formula is C41H49NO12. The zero-order valence-corrected chi connectivity index (χ0v) is 31.5. The highest BCUT2D eigenvalue weighted by molar-refractivity contribution is 5.92. The van der Waals surface area contributed by atoms with Crippen molar-refractivity contribution in [2.75, 3.05) is 6.61 Å². The predicted molar refractivity (Wildman–Crippen MR) is 191 cm³/mol. The maximum atomic E-state index is 15.1. The second kappa shape index (κ2) is 14.0. The molecule has 2 bridgehead atoms. The van der Waals surface area contributed by atoms with Crippen LogP contribution in [0.4, 0.5) is 0 Å². The number of esters is 3. The summed E-state index contributed by atoms with van der Waals surface area (Å²) in [5.41, 5.74) is -5.45. The van der Waals surface area contributed by atoms with Crippen molar-refractivity contribution < 1.29 is 58.2 Å². The van der Waals surface area contributed by atoms with Crippen molar-refractivity contribution in [3.63, 3.8) is 0 Å². The van der Waals surface area contributed by atoms with Crippen LogP contribution in [0.25, 0.3) is 0 Å². The van der Waals surface area contributed by atoms with Crippen LogP contribution < -0.4 is 5.32 Å². The van der Waals surface area contributed by atoms with Gasteiger partial charge in [-0.1, -0.05) is 69.3 Å². The standard InChI is InChI=1S/C41H49NO12/c1-21-27(52-37(49)32(46)31(42-23(3)43)25-14-10-8-11-15-25)19-41(50)35(53-36(48)26-16-12-9-13-17-26)33-39(7,34(47)22(2)30(21)38(41,5)6)28(45)18-29-40(33,20-51-29)54-24(4)44/h8-17,22,27-29,31-33,35,45-46,50H,18-20H2,1-7H3,(H,42,43)/t22-,27+,28+,29-,31+,32-,33?,35+,39-,40+,41-/m1/s1. The summed E-state index contributed by atoms with van der Waals surface area (Å²) in [5, 5.41) is 39.3. The first kappa shape index (κ1) is 39.3. The van der Waals surface area contributed by atoms with E-state index in [4.69, 9.17) is 18.9 Å². The number of hydrogen-bond donors (Lipinski definition) is 4. The molecule has 3 fully saturated rings. The summed E-state index contributed by atoms with van der Waals surface area (Å²) in [7, 11) is 0. The number of amides is 1. The Balaban J connectivity index is 1.52. The molecule has 13 heteroatoms. The van der Waals surface area contributed by atoms with Gasteiger partial charge >= 0.3 is 17.9 Å².